The Balaban J connectivity index is 0.00000361. The molecule has 2 N–H and O–H groups in total. The number of esters is 1. The van der Waals surface area contributed by atoms with Crippen molar-refractivity contribution in [3.05, 3.63) is 29.6 Å². The molecular formula is C12H15ClF3NO3. The molecule has 0 unspecified atom stereocenters. The Morgan fingerprint density at radius 3 is 2.55 bits per heavy atom. The molecule has 0 spiro atoms. The molecular weight excluding hydrogens is 299 g/mol. The summed E-state index contributed by atoms with van der Waals surface area (Å²) in [4.78, 5) is 11.1. The maximum Gasteiger partial charge on any atom is 0.379 e. The lowest BCUT2D eigenvalue weighted by Crippen LogP contribution is -2.42. The summed E-state index contributed by atoms with van der Waals surface area (Å²) in [7, 11) is 1.19. The van der Waals surface area contributed by atoms with E-state index in [2.05, 4.69) is 9.47 Å². The van der Waals surface area contributed by atoms with Crippen molar-refractivity contribution in [2.24, 2.45) is 5.73 Å². The quantitative estimate of drug-likeness (QED) is 0.848. The third kappa shape index (κ3) is 3.55. The first-order valence-electron chi connectivity index (χ1n) is 5.49. The Bertz CT molecular complexity index is 471. The van der Waals surface area contributed by atoms with Crippen LogP contribution in [0.25, 0.3) is 0 Å². The van der Waals surface area contributed by atoms with Gasteiger partial charge in [-0.1, -0.05) is 12.1 Å². The molecule has 0 aliphatic heterocycles. The average molecular weight is 314 g/mol. The molecule has 114 valence electrons. The van der Waals surface area contributed by atoms with Gasteiger partial charge in [0.15, 0.2) is 11.6 Å². The number of rotatable bonds is 5. The van der Waals surface area contributed by atoms with E-state index in [1.54, 1.807) is 0 Å². The van der Waals surface area contributed by atoms with Crippen LogP contribution < -0.4 is 10.5 Å². The topological polar surface area (TPSA) is 61.5 Å². The maximum atomic E-state index is 13.8. The maximum absolute atomic E-state index is 13.8. The van der Waals surface area contributed by atoms with Crippen molar-refractivity contribution in [2.75, 3.05) is 13.7 Å². The average Bonchev–Trinajstić information content (AvgIpc) is 2.38. The van der Waals surface area contributed by atoms with E-state index in [9.17, 15) is 18.0 Å². The number of ether oxygens (including phenoxy) is 2. The van der Waals surface area contributed by atoms with Gasteiger partial charge in [-0.05, 0) is 13.0 Å². The van der Waals surface area contributed by atoms with Crippen molar-refractivity contribution in [3.63, 3.8) is 0 Å². The van der Waals surface area contributed by atoms with E-state index in [0.29, 0.717) is 0 Å². The molecule has 4 nitrogen and oxygen atoms in total. The Labute approximate surface area is 120 Å². The molecule has 0 aliphatic rings. The monoisotopic (exact) mass is 313 g/mol. The fourth-order valence-corrected chi connectivity index (χ4v) is 1.48. The summed E-state index contributed by atoms with van der Waals surface area (Å²) in [5.41, 5.74) is 4.77. The molecule has 8 heteroatoms. The lowest BCUT2D eigenvalue weighted by Gasteiger charge is -2.22. The van der Waals surface area contributed by atoms with Crippen LogP contribution in [0.5, 0.6) is 5.75 Å². The smallest absolute Gasteiger partial charge is 0.379 e. The van der Waals surface area contributed by atoms with Crippen LogP contribution >= 0.6 is 12.4 Å². The highest BCUT2D eigenvalue weighted by Crippen LogP contribution is 2.34. The van der Waals surface area contributed by atoms with E-state index < -0.39 is 29.3 Å². The van der Waals surface area contributed by atoms with Crippen molar-refractivity contribution >= 4 is 18.4 Å². The summed E-state index contributed by atoms with van der Waals surface area (Å²) >= 11 is 0. The van der Waals surface area contributed by atoms with E-state index in [1.165, 1.54) is 26.2 Å². The number of halogens is 4. The molecule has 0 saturated carbocycles. The molecule has 0 saturated heterocycles. The molecule has 0 bridgehead atoms. The number of benzene rings is 1. The third-order valence-electron chi connectivity index (χ3n) is 2.49. The van der Waals surface area contributed by atoms with Gasteiger partial charge in [0.2, 0.25) is 0 Å². The van der Waals surface area contributed by atoms with Gasteiger partial charge in [0.1, 0.15) is 6.04 Å². The van der Waals surface area contributed by atoms with E-state index in [4.69, 9.17) is 5.73 Å². The number of carbonyl (C=O) groups excluding carboxylic acids is 1. The minimum atomic E-state index is -4.02. The van der Waals surface area contributed by atoms with Crippen molar-refractivity contribution < 1.29 is 27.4 Å². The van der Waals surface area contributed by atoms with Gasteiger partial charge in [-0.15, -0.1) is 12.4 Å². The molecule has 0 amide bonds. The molecule has 1 aromatic rings. The van der Waals surface area contributed by atoms with Gasteiger partial charge in [0.05, 0.1) is 13.7 Å². The van der Waals surface area contributed by atoms with Gasteiger partial charge in [-0.3, -0.25) is 0 Å². The summed E-state index contributed by atoms with van der Waals surface area (Å²) in [5.74, 6) is -7.07. The first kappa shape index (κ1) is 18.5. The highest BCUT2D eigenvalue weighted by molar-refractivity contribution is 5.85. The second kappa shape index (κ2) is 7.35. The predicted octanol–water partition coefficient (Wildman–Crippen LogP) is 2.45. The fourth-order valence-electron chi connectivity index (χ4n) is 1.48. The molecule has 0 fully saturated rings. The van der Waals surface area contributed by atoms with E-state index in [1.807, 2.05) is 0 Å². The van der Waals surface area contributed by atoms with Gasteiger partial charge in [0, 0.05) is 5.56 Å². The Hall–Kier alpha value is -1.47. The van der Waals surface area contributed by atoms with E-state index in [-0.39, 0.29) is 24.8 Å². The first-order chi connectivity index (χ1) is 8.86. The van der Waals surface area contributed by atoms with Crippen LogP contribution in [0.2, 0.25) is 0 Å². The zero-order valence-electron chi connectivity index (χ0n) is 10.9. The zero-order chi connectivity index (χ0) is 14.6. The van der Waals surface area contributed by atoms with Gasteiger partial charge in [-0.25, -0.2) is 9.18 Å². The SMILES string of the molecule is CCOC(=O)C(F)(F)[C@@H](N)c1cccc(OC)c1F.Cl. The van der Waals surface area contributed by atoms with Crippen molar-refractivity contribution in [3.8, 4) is 5.75 Å². The third-order valence-corrected chi connectivity index (χ3v) is 2.49. The lowest BCUT2D eigenvalue weighted by molar-refractivity contribution is -0.174. The highest BCUT2D eigenvalue weighted by Gasteiger charge is 2.48. The van der Waals surface area contributed by atoms with Crippen LogP contribution in [-0.4, -0.2) is 25.6 Å². The van der Waals surface area contributed by atoms with E-state index >= 15 is 0 Å². The van der Waals surface area contributed by atoms with Crippen molar-refractivity contribution in [2.45, 2.75) is 18.9 Å². The molecule has 1 atom stereocenters. The van der Waals surface area contributed by atoms with Crippen molar-refractivity contribution in [1.82, 2.24) is 0 Å². The molecule has 0 radical (unpaired) electrons. The minimum absolute atomic E-state index is 0. The molecule has 1 aromatic carbocycles. The predicted molar refractivity (Wildman–Crippen MR) is 68.7 cm³/mol. The molecule has 20 heavy (non-hydrogen) atoms. The van der Waals surface area contributed by atoms with Crippen molar-refractivity contribution in [1.29, 1.82) is 0 Å². The van der Waals surface area contributed by atoms with Crippen LogP contribution in [0.4, 0.5) is 13.2 Å². The summed E-state index contributed by atoms with van der Waals surface area (Å²) in [6, 6.07) is 1.48. The number of nitrogens with two attached hydrogens (primary N) is 1. The Kier molecular flexibility index (Phi) is 6.81. The molecule has 0 heterocycles. The lowest BCUT2D eigenvalue weighted by atomic mass is 10.0. The van der Waals surface area contributed by atoms with Crippen LogP contribution in [0.1, 0.15) is 18.5 Å². The Morgan fingerprint density at radius 1 is 1.45 bits per heavy atom. The second-order valence-electron chi connectivity index (χ2n) is 3.68. The largest absolute Gasteiger partial charge is 0.494 e. The number of hydrogen-bond acceptors (Lipinski definition) is 4. The summed E-state index contributed by atoms with van der Waals surface area (Å²) in [6.45, 7) is 1.16. The second-order valence-corrected chi connectivity index (χ2v) is 3.68. The van der Waals surface area contributed by atoms with E-state index in [0.717, 1.165) is 6.07 Å². The van der Waals surface area contributed by atoms with Gasteiger partial charge in [-0.2, -0.15) is 8.78 Å². The number of carbonyl (C=O) groups is 1. The fraction of sp³-hybridized carbons (Fsp3) is 0.417. The van der Waals surface area contributed by atoms with Crippen LogP contribution in [0.3, 0.4) is 0 Å². The number of methoxy groups -OCH3 is 1. The highest BCUT2D eigenvalue weighted by atomic mass is 35.5. The number of hydrogen-bond donors (Lipinski definition) is 1. The van der Waals surface area contributed by atoms with Gasteiger partial charge >= 0.3 is 11.9 Å². The summed E-state index contributed by atoms with van der Waals surface area (Å²) < 4.78 is 50.1. The standard InChI is InChI=1S/C12H14F3NO3.ClH/c1-3-19-11(17)12(14,15)10(16)7-5-4-6-8(18-2)9(7)13;/h4-6,10H,3,16H2,1-2H3;1H/t10-;/m0./s1. The molecule has 1 rings (SSSR count). The van der Waals surface area contributed by atoms with Crippen LogP contribution in [0, 0.1) is 5.82 Å². The normalized spacial score (nSPS) is 12.3. The molecule has 0 aliphatic carbocycles. The minimum Gasteiger partial charge on any atom is -0.494 e. The summed E-state index contributed by atoms with van der Waals surface area (Å²) in [5, 5.41) is 0. The van der Waals surface area contributed by atoms with Crippen LogP contribution in [-0.2, 0) is 9.53 Å². The zero-order valence-corrected chi connectivity index (χ0v) is 11.7. The number of alkyl halides is 2. The Morgan fingerprint density at radius 2 is 2.05 bits per heavy atom. The summed E-state index contributed by atoms with van der Waals surface area (Å²) in [6.07, 6.45) is 0. The van der Waals surface area contributed by atoms with Gasteiger partial charge < -0.3 is 15.2 Å². The first-order valence-corrected chi connectivity index (χ1v) is 5.49. The van der Waals surface area contributed by atoms with Crippen LogP contribution in [0.15, 0.2) is 18.2 Å². The molecule has 0 aromatic heterocycles. The van der Waals surface area contributed by atoms with Gasteiger partial charge in [0.25, 0.3) is 0 Å².